The lowest BCUT2D eigenvalue weighted by molar-refractivity contribution is 0.0658. The molecule has 7 nitrogen and oxygen atoms in total. The van der Waals surface area contributed by atoms with Crippen molar-refractivity contribution < 1.29 is 32.9 Å². The lowest BCUT2D eigenvalue weighted by atomic mass is 9.86. The third-order valence-corrected chi connectivity index (χ3v) is 5.05. The summed E-state index contributed by atoms with van der Waals surface area (Å²) in [4.78, 5) is 24.8. The highest BCUT2D eigenvalue weighted by Crippen LogP contribution is 2.43. The molecule has 0 bridgehead atoms. The summed E-state index contributed by atoms with van der Waals surface area (Å²) in [5.74, 6) is -1.06. The van der Waals surface area contributed by atoms with Crippen LogP contribution < -0.4 is 5.32 Å². The number of benzene rings is 2. The van der Waals surface area contributed by atoms with Crippen LogP contribution in [0.3, 0.4) is 0 Å². The van der Waals surface area contributed by atoms with E-state index >= 15 is 0 Å². The predicted molar refractivity (Wildman–Crippen MR) is 124 cm³/mol. The lowest BCUT2D eigenvalue weighted by Crippen LogP contribution is -2.32. The molecule has 0 aromatic heterocycles. The minimum Gasteiger partial charge on any atom is -0.434 e. The van der Waals surface area contributed by atoms with Crippen LogP contribution in [-0.2, 0) is 18.9 Å². The van der Waals surface area contributed by atoms with E-state index < -0.39 is 24.0 Å². The number of carbonyl (C=O) groups excluding carboxylic acids is 2. The maximum Gasteiger partial charge on any atom is 0.513 e. The maximum atomic E-state index is 13.8. The van der Waals surface area contributed by atoms with E-state index in [0.717, 1.165) is 5.56 Å². The monoisotopic (exact) mass is 469 g/mol. The van der Waals surface area contributed by atoms with Crippen LogP contribution in [0.2, 0.25) is 0 Å². The first-order valence-electron chi connectivity index (χ1n) is 11.1. The second-order valence-corrected chi connectivity index (χ2v) is 7.72. The highest BCUT2D eigenvalue weighted by atomic mass is 19.1. The van der Waals surface area contributed by atoms with E-state index in [1.807, 2.05) is 44.2 Å². The van der Waals surface area contributed by atoms with Gasteiger partial charge in [-0.3, -0.25) is 0 Å². The molecule has 0 saturated carbocycles. The van der Waals surface area contributed by atoms with E-state index in [0.29, 0.717) is 17.0 Å². The van der Waals surface area contributed by atoms with Gasteiger partial charge in [0, 0.05) is 5.56 Å². The van der Waals surface area contributed by atoms with Crippen molar-refractivity contribution in [2.45, 2.75) is 33.6 Å². The van der Waals surface area contributed by atoms with Crippen LogP contribution in [0.15, 0.2) is 71.8 Å². The number of halogens is 1. The quantitative estimate of drug-likeness (QED) is 0.491. The van der Waals surface area contributed by atoms with E-state index in [1.54, 1.807) is 26.0 Å². The summed E-state index contributed by atoms with van der Waals surface area (Å²) in [6.07, 6.45) is -1.81. The first-order chi connectivity index (χ1) is 16.3. The Kier molecular flexibility index (Phi) is 8.29. The number of hydrogen-bond donors (Lipinski definition) is 1. The Morgan fingerprint density at radius 3 is 1.97 bits per heavy atom. The molecule has 8 heteroatoms. The van der Waals surface area contributed by atoms with Gasteiger partial charge in [-0.15, -0.1) is 0 Å². The highest BCUT2D eigenvalue weighted by molar-refractivity contribution is 5.76. The Balaban J connectivity index is 2.26. The van der Waals surface area contributed by atoms with Gasteiger partial charge in [0.25, 0.3) is 0 Å². The van der Waals surface area contributed by atoms with Crippen LogP contribution in [-0.4, -0.2) is 25.5 Å². The Morgan fingerprint density at radius 1 is 0.882 bits per heavy atom. The normalized spacial score (nSPS) is 15.6. The van der Waals surface area contributed by atoms with Gasteiger partial charge in [-0.1, -0.05) is 56.3 Å². The van der Waals surface area contributed by atoms with E-state index in [-0.39, 0.29) is 30.6 Å². The Morgan fingerprint density at radius 2 is 1.44 bits per heavy atom. The van der Waals surface area contributed by atoms with E-state index in [1.165, 1.54) is 12.1 Å². The predicted octanol–water partition coefficient (Wildman–Crippen LogP) is 6.10. The van der Waals surface area contributed by atoms with Crippen LogP contribution in [0.1, 0.15) is 44.7 Å². The molecule has 1 heterocycles. The summed E-state index contributed by atoms with van der Waals surface area (Å²) in [6, 6.07) is 15.0. The molecule has 34 heavy (non-hydrogen) atoms. The van der Waals surface area contributed by atoms with Crippen LogP contribution in [0.25, 0.3) is 5.70 Å². The van der Waals surface area contributed by atoms with Gasteiger partial charge in [-0.25, -0.2) is 14.0 Å². The first kappa shape index (κ1) is 24.8. The van der Waals surface area contributed by atoms with Crippen molar-refractivity contribution >= 4 is 18.0 Å². The highest BCUT2D eigenvalue weighted by Gasteiger charge is 2.39. The zero-order valence-corrected chi connectivity index (χ0v) is 19.6. The molecule has 180 valence electrons. The molecule has 1 unspecified atom stereocenters. The summed E-state index contributed by atoms with van der Waals surface area (Å²) < 4.78 is 35.2. The molecule has 2 aromatic carbocycles. The number of allylic oxidation sites excluding steroid dienone is 1. The molecule has 1 N–H and O–H groups in total. The summed E-state index contributed by atoms with van der Waals surface area (Å²) in [7, 11) is 0. The summed E-state index contributed by atoms with van der Waals surface area (Å²) in [5.41, 5.74) is 2.38. The van der Waals surface area contributed by atoms with Crippen LogP contribution >= 0.6 is 0 Å². The molecular weight excluding hydrogens is 441 g/mol. The van der Waals surface area contributed by atoms with E-state index in [4.69, 9.17) is 18.9 Å². The Bertz CT molecular complexity index is 1080. The van der Waals surface area contributed by atoms with E-state index in [9.17, 15) is 14.0 Å². The third-order valence-electron chi connectivity index (χ3n) is 5.05. The van der Waals surface area contributed by atoms with Crippen molar-refractivity contribution in [3.63, 3.8) is 0 Å². The number of dihydropyridines is 1. The number of carbonyl (C=O) groups is 2. The van der Waals surface area contributed by atoms with Gasteiger partial charge < -0.3 is 24.3 Å². The van der Waals surface area contributed by atoms with Crippen molar-refractivity contribution in [2.75, 3.05) is 13.2 Å². The van der Waals surface area contributed by atoms with Gasteiger partial charge in [0.15, 0.2) is 5.76 Å². The minimum atomic E-state index is -0.914. The smallest absolute Gasteiger partial charge is 0.434 e. The zero-order valence-electron chi connectivity index (χ0n) is 19.6. The van der Waals surface area contributed by atoms with Crippen molar-refractivity contribution in [1.82, 2.24) is 5.32 Å². The third kappa shape index (κ3) is 5.75. The molecule has 0 saturated heterocycles. The first-order valence-corrected chi connectivity index (χ1v) is 11.1. The van der Waals surface area contributed by atoms with Gasteiger partial charge in [0.05, 0.1) is 24.6 Å². The standard InChI is InChI=1S/C26H28FNO6/c1-5-31-25(29)33-23-20(17-12-14-19(27)15-13-17)24(34-26(30)32-6-2)22(28-21(23)16(3)4)18-10-8-7-9-11-18/h7-16,20,28H,5-6H2,1-4H3. The molecule has 0 radical (unpaired) electrons. The van der Waals surface area contributed by atoms with Crippen LogP contribution in [0.4, 0.5) is 14.0 Å². The zero-order chi connectivity index (χ0) is 24.7. The molecular formula is C26H28FNO6. The molecule has 0 aliphatic carbocycles. The SMILES string of the molecule is CCOC(=O)OC1=C(c2ccccc2)NC(C(C)C)=C(OC(=O)OCC)C1c1ccc(F)cc1. The van der Waals surface area contributed by atoms with Crippen molar-refractivity contribution in [3.05, 3.63) is 88.8 Å². The molecule has 2 aromatic rings. The second-order valence-electron chi connectivity index (χ2n) is 7.72. The summed E-state index contributed by atoms with van der Waals surface area (Å²) >= 11 is 0. The fourth-order valence-corrected chi connectivity index (χ4v) is 3.58. The summed E-state index contributed by atoms with van der Waals surface area (Å²) in [6.45, 7) is 7.42. The minimum absolute atomic E-state index is 0.112. The number of rotatable bonds is 7. The number of ether oxygens (including phenoxy) is 4. The molecule has 0 fully saturated rings. The van der Waals surface area contributed by atoms with Gasteiger partial charge in [0.1, 0.15) is 17.5 Å². The molecule has 1 atom stereocenters. The molecule has 0 amide bonds. The van der Waals surface area contributed by atoms with Gasteiger partial charge in [-0.05, 0) is 37.5 Å². The van der Waals surface area contributed by atoms with Crippen LogP contribution in [0, 0.1) is 11.7 Å². The van der Waals surface area contributed by atoms with Crippen LogP contribution in [0.5, 0.6) is 0 Å². The fourth-order valence-electron chi connectivity index (χ4n) is 3.58. The van der Waals surface area contributed by atoms with Crippen molar-refractivity contribution in [2.24, 2.45) is 5.92 Å². The Hall–Kier alpha value is -3.81. The molecule has 3 rings (SSSR count). The lowest BCUT2D eigenvalue weighted by Gasteiger charge is -2.33. The largest absolute Gasteiger partial charge is 0.513 e. The van der Waals surface area contributed by atoms with Gasteiger partial charge >= 0.3 is 12.3 Å². The second kappa shape index (κ2) is 11.4. The number of nitrogens with one attached hydrogen (secondary N) is 1. The van der Waals surface area contributed by atoms with Crippen molar-refractivity contribution in [1.29, 1.82) is 0 Å². The Labute approximate surface area is 198 Å². The van der Waals surface area contributed by atoms with Gasteiger partial charge in [-0.2, -0.15) is 0 Å². The number of hydrogen-bond acceptors (Lipinski definition) is 7. The molecule has 0 spiro atoms. The average Bonchev–Trinajstić information content (AvgIpc) is 2.81. The van der Waals surface area contributed by atoms with Crippen molar-refractivity contribution in [3.8, 4) is 0 Å². The molecule has 1 aliphatic rings. The fraction of sp³-hybridized carbons (Fsp3) is 0.308. The molecule has 1 aliphatic heterocycles. The maximum absolute atomic E-state index is 13.8. The van der Waals surface area contributed by atoms with Gasteiger partial charge in [0.2, 0.25) is 0 Å². The topological polar surface area (TPSA) is 83.1 Å². The average molecular weight is 470 g/mol. The summed E-state index contributed by atoms with van der Waals surface area (Å²) in [5, 5.41) is 3.30. The van der Waals surface area contributed by atoms with E-state index in [2.05, 4.69) is 5.32 Å².